The number of hydrogen-bond acceptors (Lipinski definition) is 3. The molecule has 0 aliphatic heterocycles. The Balaban J connectivity index is 2.34. The molecule has 0 heterocycles. The molecule has 0 unspecified atom stereocenters. The molecule has 0 fully saturated rings. The summed E-state index contributed by atoms with van der Waals surface area (Å²) < 4.78 is 10.6. The number of carbonyl (C=O) groups excluding carboxylic acids is 1. The molecule has 0 spiro atoms. The highest BCUT2D eigenvalue weighted by molar-refractivity contribution is 6.31. The Labute approximate surface area is 113 Å². The number of carbonyl (C=O) groups is 1. The van der Waals surface area contributed by atoms with Crippen LogP contribution in [0, 0.1) is 0 Å². The van der Waals surface area contributed by atoms with Gasteiger partial charge in [-0.05, 0) is 32.4 Å². The van der Waals surface area contributed by atoms with Gasteiger partial charge in [0.25, 0.3) is 0 Å². The highest BCUT2D eigenvalue weighted by atomic mass is 35.5. The SMILES string of the molecule is COC(C)(C)CCOCC(=O)c1cccc(Cl)c1. The molecular weight excluding hydrogens is 252 g/mol. The first-order valence-corrected chi connectivity index (χ1v) is 6.24. The Kier molecular flexibility index (Phi) is 5.79. The van der Waals surface area contributed by atoms with E-state index < -0.39 is 0 Å². The number of methoxy groups -OCH3 is 1. The number of ketones is 1. The molecule has 100 valence electrons. The predicted octanol–water partition coefficient (Wildman–Crippen LogP) is 3.35. The van der Waals surface area contributed by atoms with Crippen molar-refractivity contribution >= 4 is 17.4 Å². The Morgan fingerprint density at radius 2 is 2.11 bits per heavy atom. The fourth-order valence-corrected chi connectivity index (χ4v) is 1.52. The van der Waals surface area contributed by atoms with E-state index in [1.165, 1.54) is 0 Å². The van der Waals surface area contributed by atoms with Gasteiger partial charge >= 0.3 is 0 Å². The van der Waals surface area contributed by atoms with Crippen molar-refractivity contribution in [3.05, 3.63) is 34.9 Å². The highest BCUT2D eigenvalue weighted by Gasteiger charge is 2.16. The van der Waals surface area contributed by atoms with Gasteiger partial charge in [0.1, 0.15) is 6.61 Å². The molecule has 0 bridgehead atoms. The van der Waals surface area contributed by atoms with E-state index in [4.69, 9.17) is 21.1 Å². The van der Waals surface area contributed by atoms with E-state index in [-0.39, 0.29) is 18.0 Å². The van der Waals surface area contributed by atoms with Crippen molar-refractivity contribution in [1.82, 2.24) is 0 Å². The molecule has 0 N–H and O–H groups in total. The first-order chi connectivity index (χ1) is 8.44. The van der Waals surface area contributed by atoms with Gasteiger partial charge < -0.3 is 9.47 Å². The van der Waals surface area contributed by atoms with Crippen LogP contribution in [0.15, 0.2) is 24.3 Å². The van der Waals surface area contributed by atoms with Crippen molar-refractivity contribution in [2.45, 2.75) is 25.9 Å². The second kappa shape index (κ2) is 6.88. The van der Waals surface area contributed by atoms with Crippen LogP contribution >= 0.6 is 11.6 Å². The maximum atomic E-state index is 11.8. The lowest BCUT2D eigenvalue weighted by Crippen LogP contribution is -2.25. The van der Waals surface area contributed by atoms with E-state index in [0.717, 1.165) is 6.42 Å². The topological polar surface area (TPSA) is 35.5 Å². The molecular formula is C14H19ClO3. The number of ether oxygens (including phenoxy) is 2. The highest BCUT2D eigenvalue weighted by Crippen LogP contribution is 2.13. The summed E-state index contributed by atoms with van der Waals surface area (Å²) in [5, 5.41) is 0.557. The molecule has 0 saturated carbocycles. The third-order valence-corrected chi connectivity index (χ3v) is 3.02. The largest absolute Gasteiger partial charge is 0.379 e. The maximum Gasteiger partial charge on any atom is 0.188 e. The summed E-state index contributed by atoms with van der Waals surface area (Å²) >= 11 is 5.82. The fraction of sp³-hybridized carbons (Fsp3) is 0.500. The maximum absolute atomic E-state index is 11.8. The predicted molar refractivity (Wildman–Crippen MR) is 72.3 cm³/mol. The minimum absolute atomic E-state index is 0.0623. The van der Waals surface area contributed by atoms with Gasteiger partial charge in [-0.3, -0.25) is 4.79 Å². The second-order valence-corrected chi connectivity index (χ2v) is 5.14. The minimum atomic E-state index is -0.223. The van der Waals surface area contributed by atoms with E-state index in [9.17, 15) is 4.79 Å². The van der Waals surface area contributed by atoms with Crippen LogP contribution in [-0.2, 0) is 9.47 Å². The van der Waals surface area contributed by atoms with Gasteiger partial charge in [0, 0.05) is 24.3 Å². The van der Waals surface area contributed by atoms with Crippen LogP contribution < -0.4 is 0 Å². The number of rotatable bonds is 7. The first kappa shape index (κ1) is 15.2. The second-order valence-electron chi connectivity index (χ2n) is 4.70. The van der Waals surface area contributed by atoms with Crippen LogP contribution in [0.2, 0.25) is 5.02 Å². The Morgan fingerprint density at radius 1 is 1.39 bits per heavy atom. The van der Waals surface area contributed by atoms with Crippen molar-refractivity contribution in [3.63, 3.8) is 0 Å². The third kappa shape index (κ3) is 5.17. The van der Waals surface area contributed by atoms with Gasteiger partial charge in [-0.2, -0.15) is 0 Å². The molecule has 3 nitrogen and oxygen atoms in total. The lowest BCUT2D eigenvalue weighted by atomic mass is 10.1. The van der Waals surface area contributed by atoms with Crippen molar-refractivity contribution in [1.29, 1.82) is 0 Å². The number of Topliss-reactive ketones (excluding diaryl/α,β-unsaturated/α-hetero) is 1. The standard InChI is InChI=1S/C14H19ClO3/c1-14(2,17-3)7-8-18-10-13(16)11-5-4-6-12(15)9-11/h4-6,9H,7-8,10H2,1-3H3. The van der Waals surface area contributed by atoms with E-state index in [1.54, 1.807) is 31.4 Å². The van der Waals surface area contributed by atoms with E-state index in [0.29, 0.717) is 17.2 Å². The van der Waals surface area contributed by atoms with E-state index in [1.807, 2.05) is 13.8 Å². The number of halogens is 1. The average Bonchev–Trinajstić information content (AvgIpc) is 2.34. The van der Waals surface area contributed by atoms with Crippen molar-refractivity contribution in [2.75, 3.05) is 20.3 Å². The molecule has 0 amide bonds. The summed E-state index contributed by atoms with van der Waals surface area (Å²) in [6.45, 7) is 4.53. The summed E-state index contributed by atoms with van der Waals surface area (Å²) in [5.74, 6) is -0.0623. The summed E-state index contributed by atoms with van der Waals surface area (Å²) in [4.78, 5) is 11.8. The summed E-state index contributed by atoms with van der Waals surface area (Å²) in [5.41, 5.74) is 0.354. The zero-order valence-electron chi connectivity index (χ0n) is 11.0. The van der Waals surface area contributed by atoms with Crippen LogP contribution in [0.5, 0.6) is 0 Å². The van der Waals surface area contributed by atoms with Crippen LogP contribution in [0.3, 0.4) is 0 Å². The summed E-state index contributed by atoms with van der Waals surface area (Å²) in [7, 11) is 1.66. The molecule has 0 aliphatic carbocycles. The lowest BCUT2D eigenvalue weighted by molar-refractivity contribution is -0.00836. The minimum Gasteiger partial charge on any atom is -0.379 e. The molecule has 0 atom stereocenters. The average molecular weight is 271 g/mol. The van der Waals surface area contributed by atoms with Crippen molar-refractivity contribution in [2.24, 2.45) is 0 Å². The van der Waals surface area contributed by atoms with E-state index in [2.05, 4.69) is 0 Å². The normalized spacial score (nSPS) is 11.6. The molecule has 0 radical (unpaired) electrons. The molecule has 0 aliphatic rings. The Bertz CT molecular complexity index is 402. The van der Waals surface area contributed by atoms with Gasteiger partial charge in [0.15, 0.2) is 5.78 Å². The van der Waals surface area contributed by atoms with Crippen molar-refractivity contribution < 1.29 is 14.3 Å². The van der Waals surface area contributed by atoms with Crippen LogP contribution in [0.1, 0.15) is 30.6 Å². The molecule has 0 saturated heterocycles. The fourth-order valence-electron chi connectivity index (χ4n) is 1.33. The van der Waals surface area contributed by atoms with Gasteiger partial charge in [-0.1, -0.05) is 23.7 Å². The summed E-state index contributed by atoms with van der Waals surface area (Å²) in [6, 6.07) is 6.87. The number of hydrogen-bond donors (Lipinski definition) is 0. The zero-order chi connectivity index (χ0) is 13.6. The van der Waals surface area contributed by atoms with Crippen LogP contribution in [-0.4, -0.2) is 31.7 Å². The molecule has 1 aromatic rings. The summed E-state index contributed by atoms with van der Waals surface area (Å²) in [6.07, 6.45) is 0.742. The molecule has 18 heavy (non-hydrogen) atoms. The third-order valence-electron chi connectivity index (χ3n) is 2.78. The smallest absolute Gasteiger partial charge is 0.188 e. The van der Waals surface area contributed by atoms with Gasteiger partial charge in [0.2, 0.25) is 0 Å². The number of benzene rings is 1. The van der Waals surface area contributed by atoms with Crippen molar-refractivity contribution in [3.8, 4) is 0 Å². The Morgan fingerprint density at radius 3 is 2.72 bits per heavy atom. The molecule has 1 rings (SSSR count). The van der Waals surface area contributed by atoms with Gasteiger partial charge in [-0.25, -0.2) is 0 Å². The van der Waals surface area contributed by atoms with Gasteiger partial charge in [-0.15, -0.1) is 0 Å². The molecule has 0 aromatic heterocycles. The Hall–Kier alpha value is -0.900. The van der Waals surface area contributed by atoms with Gasteiger partial charge in [0.05, 0.1) is 5.60 Å². The molecule has 4 heteroatoms. The molecule has 1 aromatic carbocycles. The van der Waals surface area contributed by atoms with Crippen LogP contribution in [0.25, 0.3) is 0 Å². The zero-order valence-corrected chi connectivity index (χ0v) is 11.8. The van der Waals surface area contributed by atoms with E-state index >= 15 is 0 Å². The lowest BCUT2D eigenvalue weighted by Gasteiger charge is -2.22. The monoisotopic (exact) mass is 270 g/mol. The quantitative estimate of drug-likeness (QED) is 0.563. The first-order valence-electron chi connectivity index (χ1n) is 5.86. The van der Waals surface area contributed by atoms with Crippen LogP contribution in [0.4, 0.5) is 0 Å².